The summed E-state index contributed by atoms with van der Waals surface area (Å²) in [5, 5.41) is 13.0. The maximum atomic E-state index is 12.7. The van der Waals surface area contributed by atoms with Crippen LogP contribution in [-0.2, 0) is 11.3 Å². The van der Waals surface area contributed by atoms with E-state index in [9.17, 15) is 9.90 Å². The van der Waals surface area contributed by atoms with Crippen LogP contribution in [0.15, 0.2) is 30.0 Å². The van der Waals surface area contributed by atoms with Gasteiger partial charge in [0.25, 0.3) is 0 Å². The van der Waals surface area contributed by atoms with Crippen LogP contribution in [0.5, 0.6) is 0 Å². The fourth-order valence-electron chi connectivity index (χ4n) is 2.93. The van der Waals surface area contributed by atoms with Gasteiger partial charge in [-0.1, -0.05) is 38.1 Å². The predicted molar refractivity (Wildman–Crippen MR) is 102 cm³/mol. The summed E-state index contributed by atoms with van der Waals surface area (Å²) in [5.74, 6) is -0.109. The van der Waals surface area contributed by atoms with Crippen LogP contribution in [0.3, 0.4) is 0 Å². The molecule has 2 rings (SSSR count). The molecular formula is C18H29ClN4O2. The standard InChI is InChI=1S/C18H28N4O2.ClH/c1-12(2)11-22-18(24)13(3)16(20)17(21(22)8-9-23)15-6-4-14(10-19)5-7-15;/h4-7,12-13,23H,8-11,19-20H2,1-3H3;1H. The number of halogens is 1. The lowest BCUT2D eigenvalue weighted by molar-refractivity contribution is -0.150. The lowest BCUT2D eigenvalue weighted by atomic mass is 9.97. The molecule has 1 atom stereocenters. The van der Waals surface area contributed by atoms with Gasteiger partial charge < -0.3 is 16.6 Å². The Kier molecular flexibility index (Phi) is 7.73. The molecule has 1 amide bonds. The van der Waals surface area contributed by atoms with E-state index in [0.717, 1.165) is 16.8 Å². The Morgan fingerprint density at radius 2 is 1.80 bits per heavy atom. The van der Waals surface area contributed by atoms with Crippen molar-refractivity contribution in [3.8, 4) is 0 Å². The number of hydrogen-bond donors (Lipinski definition) is 3. The quantitative estimate of drug-likeness (QED) is 0.707. The zero-order valence-corrected chi connectivity index (χ0v) is 15.9. The first-order chi connectivity index (χ1) is 11.4. The van der Waals surface area contributed by atoms with E-state index in [0.29, 0.717) is 31.2 Å². The number of amides is 1. The topological polar surface area (TPSA) is 95.8 Å². The Labute approximate surface area is 155 Å². The highest BCUT2D eigenvalue weighted by atomic mass is 35.5. The van der Waals surface area contributed by atoms with Gasteiger partial charge in [-0.25, -0.2) is 0 Å². The SMILES string of the molecule is CC(C)CN1C(=O)C(C)C(N)=C(c2ccc(CN)cc2)N1CCO.Cl. The second kappa shape index (κ2) is 9.08. The van der Waals surface area contributed by atoms with Crippen molar-refractivity contribution >= 4 is 24.0 Å². The summed E-state index contributed by atoms with van der Waals surface area (Å²) < 4.78 is 0. The molecule has 1 aliphatic rings. The Balaban J connectivity index is 0.00000312. The highest BCUT2D eigenvalue weighted by molar-refractivity contribution is 5.88. The minimum absolute atomic E-state index is 0. The normalized spacial score (nSPS) is 18.0. The van der Waals surface area contributed by atoms with Crippen molar-refractivity contribution in [2.24, 2.45) is 23.3 Å². The summed E-state index contributed by atoms with van der Waals surface area (Å²) in [5.41, 5.74) is 15.3. The largest absolute Gasteiger partial charge is 0.400 e. The maximum Gasteiger partial charge on any atom is 0.249 e. The first kappa shape index (κ1) is 21.3. The Morgan fingerprint density at radius 1 is 1.20 bits per heavy atom. The number of carbonyl (C=O) groups is 1. The summed E-state index contributed by atoms with van der Waals surface area (Å²) >= 11 is 0. The van der Waals surface area contributed by atoms with Crippen molar-refractivity contribution in [3.63, 3.8) is 0 Å². The van der Waals surface area contributed by atoms with Crippen molar-refractivity contribution in [3.05, 3.63) is 41.1 Å². The van der Waals surface area contributed by atoms with Gasteiger partial charge in [0.2, 0.25) is 5.91 Å². The first-order valence-corrected chi connectivity index (χ1v) is 8.39. The molecule has 0 fully saturated rings. The number of nitrogens with zero attached hydrogens (tertiary/aromatic N) is 2. The number of carbonyl (C=O) groups excluding carboxylic acids is 1. The minimum atomic E-state index is -0.386. The Morgan fingerprint density at radius 3 is 2.28 bits per heavy atom. The molecule has 1 unspecified atom stereocenters. The van der Waals surface area contributed by atoms with Gasteiger partial charge in [-0.2, -0.15) is 0 Å². The molecule has 1 aliphatic heterocycles. The molecule has 7 heteroatoms. The zero-order valence-electron chi connectivity index (χ0n) is 15.1. The molecule has 5 N–H and O–H groups in total. The van der Waals surface area contributed by atoms with Crippen LogP contribution in [0.2, 0.25) is 0 Å². The summed E-state index contributed by atoms with van der Waals surface area (Å²) in [6.45, 7) is 7.27. The third-order valence-corrected chi connectivity index (χ3v) is 4.23. The van der Waals surface area contributed by atoms with Gasteiger partial charge in [0.1, 0.15) is 0 Å². The summed E-state index contributed by atoms with van der Waals surface area (Å²) in [4.78, 5) is 12.7. The van der Waals surface area contributed by atoms with E-state index in [2.05, 4.69) is 13.8 Å². The number of hydrazine groups is 1. The average molecular weight is 369 g/mol. The number of β-amino-alcohol motifs (C(OH)–C–C–N with tert-alkyl or cyclic N) is 1. The molecule has 140 valence electrons. The first-order valence-electron chi connectivity index (χ1n) is 8.39. The monoisotopic (exact) mass is 368 g/mol. The Hall–Kier alpha value is -1.76. The van der Waals surface area contributed by atoms with Crippen LogP contribution in [0, 0.1) is 11.8 Å². The van der Waals surface area contributed by atoms with Crippen LogP contribution in [-0.4, -0.2) is 40.7 Å². The van der Waals surface area contributed by atoms with E-state index in [1.165, 1.54) is 0 Å². The molecular weight excluding hydrogens is 340 g/mol. The number of aliphatic hydroxyl groups excluding tert-OH is 1. The van der Waals surface area contributed by atoms with Crippen LogP contribution in [0.4, 0.5) is 0 Å². The van der Waals surface area contributed by atoms with E-state index < -0.39 is 0 Å². The molecule has 25 heavy (non-hydrogen) atoms. The number of nitrogens with two attached hydrogens (primary N) is 2. The van der Waals surface area contributed by atoms with Crippen molar-refractivity contribution in [1.82, 2.24) is 10.0 Å². The van der Waals surface area contributed by atoms with E-state index in [1.54, 1.807) is 5.01 Å². The maximum absolute atomic E-state index is 12.7. The van der Waals surface area contributed by atoms with Gasteiger partial charge in [-0.15, -0.1) is 12.4 Å². The van der Waals surface area contributed by atoms with Crippen LogP contribution < -0.4 is 11.5 Å². The molecule has 0 aliphatic carbocycles. The molecule has 1 aromatic carbocycles. The highest BCUT2D eigenvalue weighted by Gasteiger charge is 2.36. The molecule has 1 aromatic rings. The molecule has 0 aromatic heterocycles. The zero-order chi connectivity index (χ0) is 17.9. The van der Waals surface area contributed by atoms with E-state index in [4.69, 9.17) is 11.5 Å². The molecule has 1 heterocycles. The van der Waals surface area contributed by atoms with Gasteiger partial charge in [-0.05, 0) is 18.4 Å². The van der Waals surface area contributed by atoms with Gasteiger partial charge in [0.05, 0.1) is 24.8 Å². The highest BCUT2D eigenvalue weighted by Crippen LogP contribution is 2.32. The third kappa shape index (κ3) is 4.45. The average Bonchev–Trinajstić information content (AvgIpc) is 2.57. The Bertz CT molecular complexity index is 616. The van der Waals surface area contributed by atoms with Crippen molar-refractivity contribution in [2.45, 2.75) is 27.3 Å². The van der Waals surface area contributed by atoms with Gasteiger partial charge in [0.15, 0.2) is 0 Å². The van der Waals surface area contributed by atoms with E-state index in [1.807, 2.05) is 36.2 Å². The van der Waals surface area contributed by atoms with Crippen molar-refractivity contribution in [2.75, 3.05) is 19.7 Å². The van der Waals surface area contributed by atoms with Crippen molar-refractivity contribution in [1.29, 1.82) is 0 Å². The predicted octanol–water partition coefficient (Wildman–Crippen LogP) is 1.54. The summed E-state index contributed by atoms with van der Waals surface area (Å²) in [6.07, 6.45) is 0. The molecule has 6 nitrogen and oxygen atoms in total. The number of benzene rings is 1. The second-order valence-electron chi connectivity index (χ2n) is 6.59. The van der Waals surface area contributed by atoms with Gasteiger partial charge in [-0.3, -0.25) is 14.8 Å². The molecule has 0 spiro atoms. The number of hydrogen-bond acceptors (Lipinski definition) is 5. The summed E-state index contributed by atoms with van der Waals surface area (Å²) in [6, 6.07) is 7.84. The van der Waals surface area contributed by atoms with Crippen LogP contribution >= 0.6 is 12.4 Å². The minimum Gasteiger partial charge on any atom is -0.400 e. The molecule has 0 saturated heterocycles. The van der Waals surface area contributed by atoms with Crippen molar-refractivity contribution < 1.29 is 9.90 Å². The lowest BCUT2D eigenvalue weighted by Crippen LogP contribution is -2.54. The number of rotatable bonds is 6. The fraction of sp³-hybridized carbons (Fsp3) is 0.500. The van der Waals surface area contributed by atoms with Gasteiger partial charge >= 0.3 is 0 Å². The summed E-state index contributed by atoms with van der Waals surface area (Å²) in [7, 11) is 0. The molecule has 0 bridgehead atoms. The van der Waals surface area contributed by atoms with Gasteiger partial charge in [0, 0.05) is 24.4 Å². The van der Waals surface area contributed by atoms with E-state index in [-0.39, 0.29) is 30.8 Å². The van der Waals surface area contributed by atoms with Crippen LogP contribution in [0.1, 0.15) is 31.9 Å². The lowest BCUT2D eigenvalue weighted by Gasteiger charge is -2.44. The molecule has 0 saturated carbocycles. The second-order valence-corrected chi connectivity index (χ2v) is 6.59. The number of aliphatic hydroxyl groups is 1. The smallest absolute Gasteiger partial charge is 0.249 e. The van der Waals surface area contributed by atoms with Crippen LogP contribution in [0.25, 0.3) is 5.70 Å². The molecule has 0 radical (unpaired) electrons. The fourth-order valence-corrected chi connectivity index (χ4v) is 2.93. The van der Waals surface area contributed by atoms with E-state index >= 15 is 0 Å². The third-order valence-electron chi connectivity index (χ3n) is 4.23.